The van der Waals surface area contributed by atoms with E-state index in [1.807, 2.05) is 24.3 Å². The van der Waals surface area contributed by atoms with Crippen molar-refractivity contribution < 1.29 is 19.1 Å². The van der Waals surface area contributed by atoms with Crippen molar-refractivity contribution in [2.75, 3.05) is 13.1 Å². The van der Waals surface area contributed by atoms with Crippen molar-refractivity contribution in [1.29, 1.82) is 0 Å². The molecule has 0 atom stereocenters. The molecule has 0 bridgehead atoms. The highest BCUT2D eigenvalue weighted by molar-refractivity contribution is 9.10. The fourth-order valence-corrected chi connectivity index (χ4v) is 2.75. The highest BCUT2D eigenvalue weighted by Gasteiger charge is 2.07. The molecule has 0 aliphatic heterocycles. The molecule has 7 heteroatoms. The lowest BCUT2D eigenvalue weighted by Gasteiger charge is -2.08. The maximum absolute atomic E-state index is 12.1. The summed E-state index contributed by atoms with van der Waals surface area (Å²) >= 11 is 3.38. The van der Waals surface area contributed by atoms with Gasteiger partial charge in [-0.2, -0.15) is 0 Å². The van der Waals surface area contributed by atoms with E-state index in [-0.39, 0.29) is 11.8 Å². The molecule has 2 rings (SSSR count). The topological polar surface area (TPSA) is 84.5 Å². The summed E-state index contributed by atoms with van der Waals surface area (Å²) in [6, 6.07) is 14.3. The van der Waals surface area contributed by atoms with Crippen LogP contribution in [-0.4, -0.2) is 30.9 Å². The van der Waals surface area contributed by atoms with Gasteiger partial charge >= 0.3 is 5.97 Å². The molecule has 2 aromatic rings. The lowest BCUT2D eigenvalue weighted by Crippen LogP contribution is -2.30. The average Bonchev–Trinajstić information content (AvgIpc) is 2.67. The van der Waals surface area contributed by atoms with Crippen LogP contribution in [0.15, 0.2) is 53.0 Å². The summed E-state index contributed by atoms with van der Waals surface area (Å²) in [5.41, 5.74) is 1.53. The molecule has 0 fully saturated rings. The summed E-state index contributed by atoms with van der Waals surface area (Å²) in [6.45, 7) is 2.23. The first-order chi connectivity index (χ1) is 13.4. The van der Waals surface area contributed by atoms with Crippen molar-refractivity contribution in [3.8, 4) is 5.75 Å². The Balaban J connectivity index is 1.63. The quantitative estimate of drug-likeness (QED) is 0.351. The molecule has 2 aromatic carbocycles. The Bertz CT molecular complexity index is 821. The molecule has 0 unspecified atom stereocenters. The molecular formula is C21H23BrN2O4. The van der Waals surface area contributed by atoms with Crippen LogP contribution in [0.25, 0.3) is 0 Å². The maximum atomic E-state index is 12.1. The molecule has 0 aliphatic rings. The predicted octanol–water partition coefficient (Wildman–Crippen LogP) is 3.24. The minimum Gasteiger partial charge on any atom is -0.427 e. The van der Waals surface area contributed by atoms with E-state index >= 15 is 0 Å². The van der Waals surface area contributed by atoms with Crippen LogP contribution in [-0.2, 0) is 16.0 Å². The lowest BCUT2D eigenvalue weighted by molar-refractivity contribution is -0.131. The standard InChI is InChI=1S/C21H23BrN2O4/c1-15(25)28-19-5-2-4-17(14-19)21(27)24-13-3-12-23-20(26)11-8-16-6-9-18(22)10-7-16/h2,4-7,9-10,14H,3,8,11-13H2,1H3,(H,23,26)(H,24,27). The van der Waals surface area contributed by atoms with Crippen LogP contribution < -0.4 is 15.4 Å². The van der Waals surface area contributed by atoms with Gasteiger partial charge in [0.2, 0.25) is 5.91 Å². The van der Waals surface area contributed by atoms with E-state index in [1.54, 1.807) is 18.2 Å². The zero-order valence-corrected chi connectivity index (χ0v) is 17.3. The number of carbonyl (C=O) groups is 3. The van der Waals surface area contributed by atoms with Crippen molar-refractivity contribution in [3.63, 3.8) is 0 Å². The Morgan fingerprint density at radius 2 is 1.71 bits per heavy atom. The van der Waals surface area contributed by atoms with E-state index in [0.29, 0.717) is 43.7 Å². The number of halogens is 1. The Labute approximate surface area is 172 Å². The van der Waals surface area contributed by atoms with E-state index < -0.39 is 5.97 Å². The summed E-state index contributed by atoms with van der Waals surface area (Å²) in [7, 11) is 0. The smallest absolute Gasteiger partial charge is 0.308 e. The van der Waals surface area contributed by atoms with Gasteiger partial charge in [0.25, 0.3) is 5.91 Å². The second-order valence-electron chi connectivity index (χ2n) is 6.21. The fourth-order valence-electron chi connectivity index (χ4n) is 2.48. The van der Waals surface area contributed by atoms with Gasteiger partial charge in [-0.15, -0.1) is 0 Å². The first-order valence-corrected chi connectivity index (χ1v) is 9.81. The van der Waals surface area contributed by atoms with Gasteiger partial charge in [0.05, 0.1) is 0 Å². The summed E-state index contributed by atoms with van der Waals surface area (Å²) < 4.78 is 5.98. The summed E-state index contributed by atoms with van der Waals surface area (Å²) in [5.74, 6) is -0.370. The van der Waals surface area contributed by atoms with Gasteiger partial charge in [0, 0.05) is 36.5 Å². The first kappa shape index (κ1) is 21.6. The molecule has 0 heterocycles. The van der Waals surface area contributed by atoms with Crippen molar-refractivity contribution in [3.05, 3.63) is 64.1 Å². The Morgan fingerprint density at radius 1 is 1.00 bits per heavy atom. The SMILES string of the molecule is CC(=O)Oc1cccc(C(=O)NCCCNC(=O)CCc2ccc(Br)cc2)c1. The molecule has 0 saturated heterocycles. The van der Waals surface area contributed by atoms with Crippen LogP contribution in [0.1, 0.15) is 35.7 Å². The van der Waals surface area contributed by atoms with Gasteiger partial charge < -0.3 is 15.4 Å². The second-order valence-corrected chi connectivity index (χ2v) is 7.12. The van der Waals surface area contributed by atoms with Crippen molar-refractivity contribution in [1.82, 2.24) is 10.6 Å². The third-order valence-electron chi connectivity index (χ3n) is 3.87. The summed E-state index contributed by atoms with van der Waals surface area (Å²) in [6.07, 6.45) is 1.74. The van der Waals surface area contributed by atoms with Crippen LogP contribution in [0.5, 0.6) is 5.75 Å². The normalized spacial score (nSPS) is 10.2. The molecule has 2 amide bonds. The van der Waals surface area contributed by atoms with E-state index in [9.17, 15) is 14.4 Å². The van der Waals surface area contributed by atoms with E-state index in [4.69, 9.17) is 4.74 Å². The van der Waals surface area contributed by atoms with Crippen LogP contribution in [0.4, 0.5) is 0 Å². The number of carbonyl (C=O) groups excluding carboxylic acids is 3. The van der Waals surface area contributed by atoms with Gasteiger partial charge in [-0.25, -0.2) is 0 Å². The lowest BCUT2D eigenvalue weighted by atomic mass is 10.1. The largest absolute Gasteiger partial charge is 0.427 e. The predicted molar refractivity (Wildman–Crippen MR) is 110 cm³/mol. The number of esters is 1. The number of aryl methyl sites for hydroxylation is 1. The number of hydrogen-bond donors (Lipinski definition) is 2. The van der Waals surface area contributed by atoms with E-state index in [2.05, 4.69) is 26.6 Å². The minimum absolute atomic E-state index is 0.0108. The van der Waals surface area contributed by atoms with Gasteiger partial charge in [-0.05, 0) is 48.7 Å². The molecule has 6 nitrogen and oxygen atoms in total. The first-order valence-electron chi connectivity index (χ1n) is 9.02. The molecule has 0 aromatic heterocycles. The molecule has 0 aliphatic carbocycles. The zero-order chi connectivity index (χ0) is 20.4. The van der Waals surface area contributed by atoms with Gasteiger partial charge in [-0.3, -0.25) is 14.4 Å². The fraction of sp³-hybridized carbons (Fsp3) is 0.286. The molecular weight excluding hydrogens is 424 g/mol. The molecule has 0 saturated carbocycles. The molecule has 28 heavy (non-hydrogen) atoms. The number of rotatable bonds is 9. The number of amides is 2. The van der Waals surface area contributed by atoms with Crippen LogP contribution >= 0.6 is 15.9 Å². The van der Waals surface area contributed by atoms with Gasteiger partial charge in [0.1, 0.15) is 5.75 Å². The Morgan fingerprint density at radius 3 is 2.43 bits per heavy atom. The Hall–Kier alpha value is -2.67. The number of ether oxygens (including phenoxy) is 1. The van der Waals surface area contributed by atoms with Crippen LogP contribution in [0.3, 0.4) is 0 Å². The highest BCUT2D eigenvalue weighted by Crippen LogP contribution is 2.13. The summed E-state index contributed by atoms with van der Waals surface area (Å²) in [4.78, 5) is 35.0. The van der Waals surface area contributed by atoms with Crippen molar-refractivity contribution in [2.24, 2.45) is 0 Å². The van der Waals surface area contributed by atoms with E-state index in [1.165, 1.54) is 13.0 Å². The van der Waals surface area contributed by atoms with Crippen LogP contribution in [0, 0.1) is 0 Å². The molecule has 0 radical (unpaired) electrons. The maximum Gasteiger partial charge on any atom is 0.308 e. The Kier molecular flexibility index (Phi) is 8.68. The van der Waals surface area contributed by atoms with Gasteiger partial charge in [-0.1, -0.05) is 34.1 Å². The third-order valence-corrected chi connectivity index (χ3v) is 4.40. The highest BCUT2D eigenvalue weighted by atomic mass is 79.9. The zero-order valence-electron chi connectivity index (χ0n) is 15.7. The summed E-state index contributed by atoms with van der Waals surface area (Å²) in [5, 5.41) is 5.63. The van der Waals surface area contributed by atoms with E-state index in [0.717, 1.165) is 10.0 Å². The average molecular weight is 447 g/mol. The minimum atomic E-state index is -0.437. The van der Waals surface area contributed by atoms with Gasteiger partial charge in [0.15, 0.2) is 0 Å². The van der Waals surface area contributed by atoms with Crippen molar-refractivity contribution in [2.45, 2.75) is 26.2 Å². The molecule has 2 N–H and O–H groups in total. The monoisotopic (exact) mass is 446 g/mol. The third kappa shape index (κ3) is 7.92. The number of benzene rings is 2. The second kappa shape index (κ2) is 11.2. The van der Waals surface area contributed by atoms with Crippen molar-refractivity contribution >= 4 is 33.7 Å². The molecule has 148 valence electrons. The number of hydrogen-bond acceptors (Lipinski definition) is 4. The molecule has 0 spiro atoms. The van der Waals surface area contributed by atoms with Crippen LogP contribution in [0.2, 0.25) is 0 Å². The number of nitrogens with one attached hydrogen (secondary N) is 2.